The van der Waals surface area contributed by atoms with Crippen LogP contribution in [0.25, 0.3) is 0 Å². The van der Waals surface area contributed by atoms with Gasteiger partial charge in [0.15, 0.2) is 0 Å². The number of aryl methyl sites for hydroxylation is 1. The summed E-state index contributed by atoms with van der Waals surface area (Å²) in [6, 6.07) is 7.68. The van der Waals surface area contributed by atoms with Gasteiger partial charge in [0.25, 0.3) is 5.91 Å². The Morgan fingerprint density at radius 1 is 1.30 bits per heavy atom. The second-order valence-electron chi connectivity index (χ2n) is 4.88. The molecule has 20 heavy (non-hydrogen) atoms. The lowest BCUT2D eigenvalue weighted by Crippen LogP contribution is -2.38. The Hall–Kier alpha value is -1.10. The van der Waals surface area contributed by atoms with Gasteiger partial charge in [-0.1, -0.05) is 18.2 Å². The molecule has 0 bridgehead atoms. The van der Waals surface area contributed by atoms with Crippen molar-refractivity contribution >= 4 is 18.3 Å². The normalized spacial score (nSPS) is 15.4. The summed E-state index contributed by atoms with van der Waals surface area (Å²) in [5.41, 5.74) is 1.79. The maximum Gasteiger partial charge on any atom is 0.251 e. The fourth-order valence-corrected chi connectivity index (χ4v) is 2.25. The number of nitrogens with one attached hydrogen (secondary N) is 1. The Labute approximate surface area is 126 Å². The molecule has 4 nitrogen and oxygen atoms in total. The third-order valence-corrected chi connectivity index (χ3v) is 3.43. The van der Waals surface area contributed by atoms with Crippen LogP contribution in [0.1, 0.15) is 22.3 Å². The summed E-state index contributed by atoms with van der Waals surface area (Å²) in [4.78, 5) is 14.4. The summed E-state index contributed by atoms with van der Waals surface area (Å²) >= 11 is 0. The van der Waals surface area contributed by atoms with Crippen molar-refractivity contribution in [2.45, 2.75) is 13.3 Å². The van der Waals surface area contributed by atoms with E-state index in [1.165, 1.54) is 0 Å². The summed E-state index contributed by atoms with van der Waals surface area (Å²) in [5.74, 6) is 0.0278. The zero-order valence-corrected chi connectivity index (χ0v) is 12.7. The molecular formula is C15H23ClN2O2. The maximum atomic E-state index is 12.0. The summed E-state index contributed by atoms with van der Waals surface area (Å²) < 4.78 is 5.30. The van der Waals surface area contributed by atoms with Crippen LogP contribution in [-0.2, 0) is 4.74 Å². The van der Waals surface area contributed by atoms with Crippen molar-refractivity contribution in [2.24, 2.45) is 0 Å². The first-order valence-corrected chi connectivity index (χ1v) is 6.91. The first-order chi connectivity index (χ1) is 9.27. The molecule has 0 aromatic heterocycles. The monoisotopic (exact) mass is 298 g/mol. The molecular weight excluding hydrogens is 276 g/mol. The van der Waals surface area contributed by atoms with E-state index < -0.39 is 0 Å². The number of hydrogen-bond donors (Lipinski definition) is 1. The van der Waals surface area contributed by atoms with E-state index in [1.54, 1.807) is 0 Å². The first-order valence-electron chi connectivity index (χ1n) is 6.91. The second-order valence-corrected chi connectivity index (χ2v) is 4.88. The van der Waals surface area contributed by atoms with Crippen LogP contribution in [0.5, 0.6) is 0 Å². The average molecular weight is 299 g/mol. The van der Waals surface area contributed by atoms with Gasteiger partial charge in [0.1, 0.15) is 0 Å². The molecule has 0 atom stereocenters. The molecule has 1 aliphatic heterocycles. The molecule has 1 aromatic rings. The molecule has 112 valence electrons. The van der Waals surface area contributed by atoms with Gasteiger partial charge < -0.3 is 10.1 Å². The molecule has 0 spiro atoms. The standard InChI is InChI=1S/C15H22N2O2.ClH/c1-13-5-2-3-6-14(13)15(18)16-7-4-8-17-9-11-19-12-10-17;/h2-3,5-6H,4,7-12H2,1H3,(H,16,18);1H. The predicted molar refractivity (Wildman–Crippen MR) is 82.6 cm³/mol. The molecule has 5 heteroatoms. The predicted octanol–water partition coefficient (Wildman–Crippen LogP) is 1.87. The van der Waals surface area contributed by atoms with Crippen molar-refractivity contribution in [1.82, 2.24) is 10.2 Å². The number of carbonyl (C=O) groups is 1. The Morgan fingerprint density at radius 2 is 2.00 bits per heavy atom. The highest BCUT2D eigenvalue weighted by Gasteiger charge is 2.10. The number of benzene rings is 1. The zero-order chi connectivity index (χ0) is 13.5. The van der Waals surface area contributed by atoms with Crippen LogP contribution in [0.3, 0.4) is 0 Å². The van der Waals surface area contributed by atoms with Gasteiger partial charge in [-0.15, -0.1) is 12.4 Å². The van der Waals surface area contributed by atoms with Gasteiger partial charge in [0.05, 0.1) is 13.2 Å². The van der Waals surface area contributed by atoms with Crippen molar-refractivity contribution in [3.8, 4) is 0 Å². The zero-order valence-electron chi connectivity index (χ0n) is 11.9. The number of ether oxygens (including phenoxy) is 1. The van der Waals surface area contributed by atoms with E-state index in [-0.39, 0.29) is 18.3 Å². The van der Waals surface area contributed by atoms with Crippen LogP contribution < -0.4 is 5.32 Å². The first kappa shape index (κ1) is 17.0. The highest BCUT2D eigenvalue weighted by atomic mass is 35.5. The molecule has 0 radical (unpaired) electrons. The van der Waals surface area contributed by atoms with Crippen molar-refractivity contribution in [3.63, 3.8) is 0 Å². The van der Waals surface area contributed by atoms with E-state index in [0.29, 0.717) is 0 Å². The van der Waals surface area contributed by atoms with E-state index >= 15 is 0 Å². The van der Waals surface area contributed by atoms with Crippen LogP contribution >= 0.6 is 12.4 Å². The van der Waals surface area contributed by atoms with Crippen molar-refractivity contribution in [1.29, 1.82) is 0 Å². The van der Waals surface area contributed by atoms with Crippen LogP contribution in [0.4, 0.5) is 0 Å². The molecule has 1 saturated heterocycles. The number of amides is 1. The summed E-state index contributed by atoms with van der Waals surface area (Å²) in [6.07, 6.45) is 0.984. The molecule has 0 unspecified atom stereocenters. The van der Waals surface area contributed by atoms with Crippen molar-refractivity contribution < 1.29 is 9.53 Å². The smallest absolute Gasteiger partial charge is 0.251 e. The molecule has 2 rings (SSSR count). The van der Waals surface area contributed by atoms with Crippen molar-refractivity contribution in [3.05, 3.63) is 35.4 Å². The van der Waals surface area contributed by atoms with E-state index in [0.717, 1.165) is 56.9 Å². The van der Waals surface area contributed by atoms with Gasteiger partial charge in [-0.3, -0.25) is 9.69 Å². The summed E-state index contributed by atoms with van der Waals surface area (Å²) in [5, 5.41) is 2.98. The van der Waals surface area contributed by atoms with Gasteiger partial charge in [-0.25, -0.2) is 0 Å². The molecule has 0 saturated carbocycles. The third-order valence-electron chi connectivity index (χ3n) is 3.43. The highest BCUT2D eigenvalue weighted by Crippen LogP contribution is 2.06. The number of halogens is 1. The quantitative estimate of drug-likeness (QED) is 0.844. The van der Waals surface area contributed by atoms with Gasteiger partial charge in [-0.2, -0.15) is 0 Å². The lowest BCUT2D eigenvalue weighted by atomic mass is 10.1. The third kappa shape index (κ3) is 5.12. The maximum absolute atomic E-state index is 12.0. The number of morpholine rings is 1. The van der Waals surface area contributed by atoms with Crippen LogP contribution in [-0.4, -0.2) is 50.2 Å². The fourth-order valence-electron chi connectivity index (χ4n) is 2.25. The molecule has 0 aliphatic carbocycles. The average Bonchev–Trinajstić information content (AvgIpc) is 2.45. The minimum atomic E-state index is 0. The van der Waals surface area contributed by atoms with E-state index in [1.807, 2.05) is 31.2 Å². The SMILES string of the molecule is Cc1ccccc1C(=O)NCCCN1CCOCC1.Cl. The van der Waals surface area contributed by atoms with Gasteiger partial charge in [-0.05, 0) is 31.5 Å². The Morgan fingerprint density at radius 3 is 2.70 bits per heavy atom. The summed E-state index contributed by atoms with van der Waals surface area (Å²) in [6.45, 7) is 7.38. The van der Waals surface area contributed by atoms with Crippen molar-refractivity contribution in [2.75, 3.05) is 39.4 Å². The largest absolute Gasteiger partial charge is 0.379 e. The molecule has 1 heterocycles. The summed E-state index contributed by atoms with van der Waals surface area (Å²) in [7, 11) is 0. The van der Waals surface area contributed by atoms with Crippen LogP contribution in [0.15, 0.2) is 24.3 Å². The topological polar surface area (TPSA) is 41.6 Å². The lowest BCUT2D eigenvalue weighted by Gasteiger charge is -2.26. The molecule has 1 amide bonds. The number of rotatable bonds is 5. The van der Waals surface area contributed by atoms with Gasteiger partial charge in [0, 0.05) is 25.2 Å². The minimum Gasteiger partial charge on any atom is -0.379 e. The lowest BCUT2D eigenvalue weighted by molar-refractivity contribution is 0.0374. The number of nitrogens with zero attached hydrogens (tertiary/aromatic N) is 1. The van der Waals surface area contributed by atoms with E-state index in [9.17, 15) is 4.79 Å². The van der Waals surface area contributed by atoms with E-state index in [2.05, 4.69) is 10.2 Å². The van der Waals surface area contributed by atoms with Gasteiger partial charge in [0.2, 0.25) is 0 Å². The fraction of sp³-hybridized carbons (Fsp3) is 0.533. The Bertz CT molecular complexity index is 420. The van der Waals surface area contributed by atoms with Crippen LogP contribution in [0, 0.1) is 6.92 Å². The number of hydrogen-bond acceptors (Lipinski definition) is 3. The molecule has 1 N–H and O–H groups in total. The number of carbonyl (C=O) groups excluding carboxylic acids is 1. The Kier molecular flexibility index (Phi) is 7.59. The highest BCUT2D eigenvalue weighted by molar-refractivity contribution is 5.95. The second kappa shape index (κ2) is 8.95. The Balaban J connectivity index is 0.00000200. The van der Waals surface area contributed by atoms with Crippen LogP contribution in [0.2, 0.25) is 0 Å². The van der Waals surface area contributed by atoms with E-state index in [4.69, 9.17) is 4.74 Å². The van der Waals surface area contributed by atoms with Gasteiger partial charge >= 0.3 is 0 Å². The molecule has 1 aromatic carbocycles. The molecule has 1 aliphatic rings. The molecule has 1 fully saturated rings. The minimum absolute atomic E-state index is 0.